The summed E-state index contributed by atoms with van der Waals surface area (Å²) in [5.74, 6) is -1.26. The zero-order chi connectivity index (χ0) is 26.6. The monoisotopic (exact) mass is 506 g/mol. The van der Waals surface area contributed by atoms with E-state index in [4.69, 9.17) is 17.2 Å². The Kier molecular flexibility index (Phi) is 10.5. The summed E-state index contributed by atoms with van der Waals surface area (Å²) in [6.07, 6.45) is 2.41. The Hall–Kier alpha value is -3.86. The molecule has 0 aliphatic carbocycles. The highest BCUT2D eigenvalue weighted by Gasteiger charge is 2.27. The molecule has 0 spiro atoms. The van der Waals surface area contributed by atoms with E-state index in [0.717, 1.165) is 16.5 Å². The number of nitrogens with two attached hydrogens (primary N) is 3. The van der Waals surface area contributed by atoms with E-state index in [1.165, 1.54) is 4.90 Å². The van der Waals surface area contributed by atoms with E-state index in [9.17, 15) is 14.4 Å². The first-order valence-electron chi connectivity index (χ1n) is 12.4. The molecular weight excluding hydrogens is 470 g/mol. The summed E-state index contributed by atoms with van der Waals surface area (Å²) in [4.78, 5) is 43.4. The first kappa shape index (κ1) is 27.7. The normalized spacial score (nSPS) is 12.5. The van der Waals surface area contributed by atoms with Crippen molar-refractivity contribution in [2.75, 3.05) is 31.5 Å². The average Bonchev–Trinajstić information content (AvgIpc) is 2.91. The third-order valence-corrected chi connectivity index (χ3v) is 6.00. The van der Waals surface area contributed by atoms with Gasteiger partial charge in [-0.2, -0.15) is 0 Å². The topological polar surface area (TPSA) is 171 Å². The molecule has 3 amide bonds. The highest BCUT2D eigenvalue weighted by Crippen LogP contribution is 2.15. The summed E-state index contributed by atoms with van der Waals surface area (Å²) in [6.45, 7) is 1.22. The Morgan fingerprint density at radius 1 is 0.919 bits per heavy atom. The molecular formula is C27H36N7O3+. The highest BCUT2D eigenvalue weighted by atomic mass is 16.2. The molecule has 0 bridgehead atoms. The van der Waals surface area contributed by atoms with Gasteiger partial charge >= 0.3 is 0 Å². The van der Waals surface area contributed by atoms with Crippen molar-refractivity contribution < 1.29 is 19.4 Å². The van der Waals surface area contributed by atoms with Crippen LogP contribution in [0.3, 0.4) is 0 Å². The maximum Gasteiger partial charge on any atom is 0.247 e. The van der Waals surface area contributed by atoms with Gasteiger partial charge in [-0.05, 0) is 30.5 Å². The van der Waals surface area contributed by atoms with Crippen molar-refractivity contribution in [1.82, 2.24) is 10.2 Å². The van der Waals surface area contributed by atoms with Crippen LogP contribution in [0, 0.1) is 0 Å². The lowest BCUT2D eigenvalue weighted by Crippen LogP contribution is -2.52. The number of nitrogens with zero attached hydrogens (tertiary/aromatic N) is 1. The Labute approximate surface area is 216 Å². The van der Waals surface area contributed by atoms with Crippen LogP contribution in [0.1, 0.15) is 18.4 Å². The number of rotatable bonds is 13. The molecule has 3 rings (SSSR count). The van der Waals surface area contributed by atoms with Gasteiger partial charge in [-0.15, -0.1) is 0 Å². The number of hydrogen-bond acceptors (Lipinski definition) is 6. The Morgan fingerprint density at radius 3 is 2.30 bits per heavy atom. The minimum absolute atomic E-state index is 0.210. The standard InChI is InChI=1S/C27H35N7O3/c28-12-14-34(15-13-29)25(35)17-22(30)26(36)33-24(11-10-19-6-2-1-3-7-19)27(37)32-21-16-20-8-4-5-9-23(20)31-18-21/h1-9,16,18,22,24H,10-15,17,28-30H2,(H,32,37)(H,33,36)/p+1/t22-,24+/m0/s1. The smallest absolute Gasteiger partial charge is 0.247 e. The largest absolute Gasteiger partial charge is 0.343 e. The van der Waals surface area contributed by atoms with Crippen LogP contribution in [0.2, 0.25) is 0 Å². The first-order valence-corrected chi connectivity index (χ1v) is 12.4. The molecule has 10 nitrogen and oxygen atoms in total. The van der Waals surface area contributed by atoms with Crippen molar-refractivity contribution in [3.8, 4) is 0 Å². The van der Waals surface area contributed by atoms with E-state index in [0.29, 0.717) is 31.6 Å². The Bertz CT molecular complexity index is 1180. The number of carbonyl (C=O) groups excluding carboxylic acids is 3. The summed E-state index contributed by atoms with van der Waals surface area (Å²) >= 11 is 0. The van der Waals surface area contributed by atoms with Gasteiger partial charge in [0.25, 0.3) is 0 Å². The van der Waals surface area contributed by atoms with Gasteiger partial charge in [0.15, 0.2) is 6.20 Å². The second-order valence-electron chi connectivity index (χ2n) is 8.82. The van der Waals surface area contributed by atoms with Crippen molar-refractivity contribution in [2.45, 2.75) is 31.3 Å². The molecule has 1 heterocycles. The molecule has 0 aliphatic heterocycles. The Morgan fingerprint density at radius 2 is 1.59 bits per heavy atom. The number of aromatic amines is 1. The van der Waals surface area contributed by atoms with Gasteiger partial charge in [-0.1, -0.05) is 42.5 Å². The molecule has 2 aromatic carbocycles. The van der Waals surface area contributed by atoms with E-state index < -0.39 is 18.0 Å². The maximum atomic E-state index is 13.2. The molecule has 2 atom stereocenters. The van der Waals surface area contributed by atoms with Crippen molar-refractivity contribution in [2.24, 2.45) is 17.2 Å². The van der Waals surface area contributed by atoms with Gasteiger partial charge in [0.05, 0.1) is 12.5 Å². The molecule has 0 fully saturated rings. The van der Waals surface area contributed by atoms with Crippen LogP contribution in [0.4, 0.5) is 5.69 Å². The molecule has 0 saturated carbocycles. The number of amides is 3. The number of aryl methyl sites for hydroxylation is 1. The number of benzene rings is 2. The number of aromatic nitrogens is 1. The lowest BCUT2D eigenvalue weighted by molar-refractivity contribution is -0.343. The fourth-order valence-electron chi connectivity index (χ4n) is 4.01. The van der Waals surface area contributed by atoms with Crippen LogP contribution in [0.15, 0.2) is 66.9 Å². The molecule has 37 heavy (non-hydrogen) atoms. The van der Waals surface area contributed by atoms with Gasteiger partial charge in [-0.25, -0.2) is 4.98 Å². The van der Waals surface area contributed by atoms with Gasteiger partial charge < -0.3 is 32.7 Å². The van der Waals surface area contributed by atoms with Crippen LogP contribution >= 0.6 is 0 Å². The van der Waals surface area contributed by atoms with Gasteiger partial charge in [0.1, 0.15) is 11.7 Å². The van der Waals surface area contributed by atoms with Crippen molar-refractivity contribution in [3.63, 3.8) is 0 Å². The minimum Gasteiger partial charge on any atom is -0.343 e. The third kappa shape index (κ3) is 8.35. The minimum atomic E-state index is -1.12. The number of fused-ring (bicyclic) bond motifs is 1. The molecule has 10 heteroatoms. The van der Waals surface area contributed by atoms with E-state index in [1.807, 2.05) is 60.7 Å². The fourth-order valence-corrected chi connectivity index (χ4v) is 4.01. The summed E-state index contributed by atoms with van der Waals surface area (Å²) in [6, 6.07) is 17.3. The number of carbonyl (C=O) groups is 3. The second kappa shape index (κ2) is 14.0. The summed E-state index contributed by atoms with van der Waals surface area (Å²) < 4.78 is 0. The number of nitrogens with one attached hydrogen (secondary N) is 3. The van der Waals surface area contributed by atoms with Gasteiger partial charge in [-0.3, -0.25) is 14.4 Å². The van der Waals surface area contributed by atoms with Gasteiger partial charge in [0.2, 0.25) is 23.2 Å². The predicted octanol–water partition coefficient (Wildman–Crippen LogP) is 0.173. The predicted molar refractivity (Wildman–Crippen MR) is 143 cm³/mol. The maximum absolute atomic E-state index is 13.2. The number of pyridine rings is 1. The van der Waals surface area contributed by atoms with E-state index >= 15 is 0 Å². The molecule has 3 aromatic rings. The zero-order valence-electron chi connectivity index (χ0n) is 20.9. The number of anilines is 1. The van der Waals surface area contributed by atoms with Crippen molar-refractivity contribution in [1.29, 1.82) is 0 Å². The second-order valence-corrected chi connectivity index (χ2v) is 8.82. The van der Waals surface area contributed by atoms with Crippen molar-refractivity contribution >= 4 is 34.3 Å². The number of hydrogen-bond donors (Lipinski definition) is 5. The summed E-state index contributed by atoms with van der Waals surface area (Å²) in [7, 11) is 0. The number of para-hydroxylation sites is 1. The third-order valence-electron chi connectivity index (χ3n) is 6.00. The van der Waals surface area contributed by atoms with Crippen LogP contribution in [0.5, 0.6) is 0 Å². The quantitative estimate of drug-likeness (QED) is 0.221. The molecule has 9 N–H and O–H groups in total. The average molecular weight is 507 g/mol. The summed E-state index contributed by atoms with van der Waals surface area (Å²) in [5.41, 5.74) is 19.7. The molecule has 0 aliphatic rings. The summed E-state index contributed by atoms with van der Waals surface area (Å²) in [5, 5.41) is 6.56. The fraction of sp³-hybridized carbons (Fsp3) is 0.333. The van der Waals surface area contributed by atoms with Crippen LogP contribution in [0.25, 0.3) is 10.9 Å². The van der Waals surface area contributed by atoms with Crippen molar-refractivity contribution in [3.05, 3.63) is 72.4 Å². The van der Waals surface area contributed by atoms with Crippen LogP contribution < -0.4 is 32.8 Å². The van der Waals surface area contributed by atoms with E-state index in [-0.39, 0.29) is 31.3 Å². The van der Waals surface area contributed by atoms with Crippen LogP contribution in [-0.4, -0.2) is 60.9 Å². The Balaban J connectivity index is 1.69. The first-order chi connectivity index (χ1) is 17.9. The SMILES string of the molecule is NCCN(CCN)C(=O)C[C@H](N)C(=O)N[C@H](CCc1ccccc1)C(=O)Nc1c[nH+]c2ccccc2c1. The molecule has 1 aromatic heterocycles. The number of H-pyrrole nitrogens is 1. The molecule has 196 valence electrons. The highest BCUT2D eigenvalue weighted by molar-refractivity contribution is 5.99. The molecule has 0 saturated heterocycles. The van der Waals surface area contributed by atoms with E-state index in [1.54, 1.807) is 6.20 Å². The lowest BCUT2D eigenvalue weighted by atomic mass is 10.0. The molecule has 0 radical (unpaired) electrons. The lowest BCUT2D eigenvalue weighted by Gasteiger charge is -2.24. The molecule has 0 unspecified atom stereocenters. The van der Waals surface area contributed by atoms with Crippen LogP contribution in [-0.2, 0) is 20.8 Å². The zero-order valence-corrected chi connectivity index (χ0v) is 20.9. The van der Waals surface area contributed by atoms with Gasteiger partial charge in [0, 0.05) is 37.6 Å². The van der Waals surface area contributed by atoms with E-state index in [2.05, 4.69) is 15.6 Å².